The van der Waals surface area contributed by atoms with Crippen LogP contribution in [0.15, 0.2) is 30.5 Å². The lowest BCUT2D eigenvalue weighted by atomic mass is 9.87. The molecule has 0 saturated heterocycles. The molecule has 22 heavy (non-hydrogen) atoms. The van der Waals surface area contributed by atoms with Crippen LogP contribution in [0.5, 0.6) is 5.75 Å². The number of hydrogen-bond donors (Lipinski definition) is 2. The summed E-state index contributed by atoms with van der Waals surface area (Å²) in [5.74, 6) is 1.05. The molecule has 5 nitrogen and oxygen atoms in total. The number of rotatable bonds is 2. The lowest BCUT2D eigenvalue weighted by Crippen LogP contribution is -2.25. The first-order valence-corrected chi connectivity index (χ1v) is 7.88. The van der Waals surface area contributed by atoms with Crippen LogP contribution in [0, 0.1) is 0 Å². The summed E-state index contributed by atoms with van der Waals surface area (Å²) >= 11 is 0. The number of amides is 1. The van der Waals surface area contributed by atoms with Crippen LogP contribution >= 0.6 is 0 Å². The number of phenolic OH excluding ortho intramolecular Hbond substituents is 1. The Bertz CT molecular complexity index is 716. The van der Waals surface area contributed by atoms with Crippen LogP contribution in [-0.2, 0) is 4.79 Å². The molecule has 0 radical (unpaired) electrons. The van der Waals surface area contributed by atoms with Gasteiger partial charge in [-0.15, -0.1) is 0 Å². The topological polar surface area (TPSA) is 67.1 Å². The Labute approximate surface area is 129 Å². The van der Waals surface area contributed by atoms with E-state index >= 15 is 0 Å². The van der Waals surface area contributed by atoms with E-state index in [4.69, 9.17) is 0 Å². The summed E-state index contributed by atoms with van der Waals surface area (Å²) in [6.07, 6.45) is 6.97. The number of fused-ring (bicyclic) bond motifs is 1. The molecule has 2 aromatic rings. The van der Waals surface area contributed by atoms with E-state index in [1.165, 1.54) is 12.8 Å². The van der Waals surface area contributed by atoms with Crippen LogP contribution in [0.25, 0.3) is 0 Å². The van der Waals surface area contributed by atoms with Crippen molar-refractivity contribution in [1.29, 1.82) is 0 Å². The normalized spacial score (nSPS) is 21.6. The van der Waals surface area contributed by atoms with Gasteiger partial charge in [0.25, 0.3) is 0 Å². The van der Waals surface area contributed by atoms with E-state index in [-0.39, 0.29) is 17.6 Å². The van der Waals surface area contributed by atoms with Gasteiger partial charge in [0.1, 0.15) is 11.6 Å². The predicted molar refractivity (Wildman–Crippen MR) is 82.9 cm³/mol. The largest absolute Gasteiger partial charge is 0.508 e. The van der Waals surface area contributed by atoms with Crippen molar-refractivity contribution in [2.24, 2.45) is 0 Å². The standard InChI is InChI=1S/C17H19N3O2/c21-13-7-3-4-11(8-13)14-9-16(22)19-17-15(14)10-18-20(17)12-5-1-2-6-12/h3-4,7-8,10,12,14,21H,1-2,5-6,9H2,(H,19,22)/t14-/m1/s1. The maximum atomic E-state index is 12.1. The van der Waals surface area contributed by atoms with Gasteiger partial charge in [-0.3, -0.25) is 4.79 Å². The third kappa shape index (κ3) is 2.17. The van der Waals surface area contributed by atoms with Crippen LogP contribution in [0.1, 0.15) is 55.2 Å². The van der Waals surface area contributed by atoms with Crippen molar-refractivity contribution < 1.29 is 9.90 Å². The van der Waals surface area contributed by atoms with Gasteiger partial charge in [0, 0.05) is 17.9 Å². The van der Waals surface area contributed by atoms with Gasteiger partial charge < -0.3 is 10.4 Å². The number of carbonyl (C=O) groups is 1. The van der Waals surface area contributed by atoms with Crippen molar-refractivity contribution in [3.8, 4) is 5.75 Å². The lowest BCUT2D eigenvalue weighted by molar-refractivity contribution is -0.116. The predicted octanol–water partition coefficient (Wildman–Crippen LogP) is 3.18. The van der Waals surface area contributed by atoms with Gasteiger partial charge in [-0.05, 0) is 30.5 Å². The molecule has 1 aliphatic carbocycles. The number of nitrogens with one attached hydrogen (secondary N) is 1. The minimum absolute atomic E-state index is 0.0144. The van der Waals surface area contributed by atoms with E-state index in [2.05, 4.69) is 10.4 Å². The van der Waals surface area contributed by atoms with Gasteiger partial charge in [-0.1, -0.05) is 25.0 Å². The fraction of sp³-hybridized carbons (Fsp3) is 0.412. The van der Waals surface area contributed by atoms with Crippen LogP contribution in [0.3, 0.4) is 0 Å². The molecule has 114 valence electrons. The summed E-state index contributed by atoms with van der Waals surface area (Å²) in [5, 5.41) is 17.3. The molecule has 2 aliphatic rings. The molecule has 1 aromatic carbocycles. The maximum Gasteiger partial charge on any atom is 0.226 e. The summed E-state index contributed by atoms with van der Waals surface area (Å²) < 4.78 is 2.00. The van der Waals surface area contributed by atoms with Crippen molar-refractivity contribution in [3.05, 3.63) is 41.6 Å². The third-order valence-corrected chi connectivity index (χ3v) is 4.79. The Morgan fingerprint density at radius 2 is 2.09 bits per heavy atom. The maximum absolute atomic E-state index is 12.1. The minimum Gasteiger partial charge on any atom is -0.508 e. The first-order chi connectivity index (χ1) is 10.7. The smallest absolute Gasteiger partial charge is 0.226 e. The molecular formula is C17H19N3O2. The minimum atomic E-state index is -0.0361. The highest BCUT2D eigenvalue weighted by Gasteiger charge is 2.32. The van der Waals surface area contributed by atoms with Gasteiger partial charge in [0.2, 0.25) is 5.91 Å². The number of carbonyl (C=O) groups excluding carboxylic acids is 1. The summed E-state index contributed by atoms with van der Waals surface area (Å²) in [4.78, 5) is 12.1. The molecule has 0 unspecified atom stereocenters. The van der Waals surface area contributed by atoms with Crippen molar-refractivity contribution in [3.63, 3.8) is 0 Å². The Morgan fingerprint density at radius 1 is 1.27 bits per heavy atom. The number of hydrogen-bond acceptors (Lipinski definition) is 3. The van der Waals surface area contributed by atoms with Gasteiger partial charge in [-0.25, -0.2) is 4.68 Å². The molecule has 4 rings (SSSR count). The van der Waals surface area contributed by atoms with E-state index in [1.54, 1.807) is 12.1 Å². The van der Waals surface area contributed by atoms with Crippen molar-refractivity contribution in [1.82, 2.24) is 9.78 Å². The molecule has 5 heteroatoms. The highest BCUT2D eigenvalue weighted by atomic mass is 16.3. The summed E-state index contributed by atoms with van der Waals surface area (Å²) in [6, 6.07) is 7.56. The molecule has 1 fully saturated rings. The summed E-state index contributed by atoms with van der Waals surface area (Å²) in [6.45, 7) is 0. The Morgan fingerprint density at radius 3 is 2.86 bits per heavy atom. The van der Waals surface area contributed by atoms with Crippen LogP contribution < -0.4 is 5.32 Å². The highest BCUT2D eigenvalue weighted by molar-refractivity contribution is 5.94. The Kier molecular flexibility index (Phi) is 3.13. The zero-order chi connectivity index (χ0) is 15.1. The first-order valence-electron chi connectivity index (χ1n) is 7.88. The molecule has 1 aromatic heterocycles. The van der Waals surface area contributed by atoms with Crippen LogP contribution in [0.4, 0.5) is 5.82 Å². The zero-order valence-corrected chi connectivity index (χ0v) is 12.3. The molecule has 1 atom stereocenters. The van der Waals surface area contributed by atoms with Gasteiger partial charge in [0.05, 0.1) is 12.2 Å². The number of phenols is 1. The van der Waals surface area contributed by atoms with Gasteiger partial charge in [-0.2, -0.15) is 5.10 Å². The quantitative estimate of drug-likeness (QED) is 0.894. The highest BCUT2D eigenvalue weighted by Crippen LogP contribution is 2.41. The second-order valence-corrected chi connectivity index (χ2v) is 6.23. The van der Waals surface area contributed by atoms with E-state index in [0.29, 0.717) is 12.5 Å². The summed E-state index contributed by atoms with van der Waals surface area (Å²) in [5.41, 5.74) is 2.01. The van der Waals surface area contributed by atoms with Crippen molar-refractivity contribution >= 4 is 11.7 Å². The fourth-order valence-electron chi connectivity index (χ4n) is 3.70. The van der Waals surface area contributed by atoms with Crippen molar-refractivity contribution in [2.45, 2.75) is 44.1 Å². The number of aromatic nitrogens is 2. The molecular weight excluding hydrogens is 278 g/mol. The average Bonchev–Trinajstić information content (AvgIpc) is 3.14. The monoisotopic (exact) mass is 297 g/mol. The lowest BCUT2D eigenvalue weighted by Gasteiger charge is -2.25. The fourth-order valence-corrected chi connectivity index (χ4v) is 3.70. The van der Waals surface area contributed by atoms with Crippen LogP contribution in [0.2, 0.25) is 0 Å². The number of aromatic hydroxyl groups is 1. The van der Waals surface area contributed by atoms with E-state index in [0.717, 1.165) is 29.8 Å². The summed E-state index contributed by atoms with van der Waals surface area (Å²) in [7, 11) is 0. The van der Waals surface area contributed by atoms with Crippen molar-refractivity contribution in [2.75, 3.05) is 5.32 Å². The van der Waals surface area contributed by atoms with E-state index in [9.17, 15) is 9.90 Å². The Balaban J connectivity index is 1.76. The SMILES string of the molecule is O=C1C[C@H](c2cccc(O)c2)c2cnn(C3CCCC3)c2N1. The molecule has 2 N–H and O–H groups in total. The number of anilines is 1. The molecule has 1 saturated carbocycles. The first kappa shape index (κ1) is 13.4. The molecule has 1 amide bonds. The third-order valence-electron chi connectivity index (χ3n) is 4.79. The molecule has 0 bridgehead atoms. The Hall–Kier alpha value is -2.30. The average molecular weight is 297 g/mol. The van der Waals surface area contributed by atoms with Gasteiger partial charge >= 0.3 is 0 Å². The zero-order valence-electron chi connectivity index (χ0n) is 12.3. The second-order valence-electron chi connectivity index (χ2n) is 6.23. The number of benzene rings is 1. The molecule has 2 heterocycles. The molecule has 1 aliphatic heterocycles. The number of nitrogens with zero attached hydrogens (tertiary/aromatic N) is 2. The van der Waals surface area contributed by atoms with E-state index in [1.807, 2.05) is 23.0 Å². The second kappa shape index (κ2) is 5.16. The van der Waals surface area contributed by atoms with Crippen LogP contribution in [-0.4, -0.2) is 20.8 Å². The van der Waals surface area contributed by atoms with E-state index < -0.39 is 0 Å². The van der Waals surface area contributed by atoms with Gasteiger partial charge in [0.15, 0.2) is 0 Å². The molecule has 0 spiro atoms.